The molecule has 1 aromatic heterocycles. The molecule has 17 heavy (non-hydrogen) atoms. The van der Waals surface area contributed by atoms with Crippen molar-refractivity contribution in [2.24, 2.45) is 0 Å². The van der Waals surface area contributed by atoms with Crippen LogP contribution in [0.15, 0.2) is 10.7 Å². The lowest BCUT2D eigenvalue weighted by atomic mass is 10.2. The number of hydrogen-bond donors (Lipinski definition) is 1. The average molecular weight is 312 g/mol. The number of anilines is 1. The summed E-state index contributed by atoms with van der Waals surface area (Å²) >= 11 is 3.22. The number of halogens is 4. The summed E-state index contributed by atoms with van der Waals surface area (Å²) in [6, 6.07) is 1.69. The number of aryl methyl sites for hydroxylation is 1. The van der Waals surface area contributed by atoms with E-state index in [9.17, 15) is 13.2 Å². The third-order valence-electron chi connectivity index (χ3n) is 2.00. The van der Waals surface area contributed by atoms with Crippen LogP contribution in [0.2, 0.25) is 0 Å². The molecule has 7 heteroatoms. The van der Waals surface area contributed by atoms with Crippen molar-refractivity contribution < 1.29 is 13.2 Å². The van der Waals surface area contributed by atoms with Crippen LogP contribution in [-0.4, -0.2) is 22.7 Å². The van der Waals surface area contributed by atoms with Gasteiger partial charge in [0.15, 0.2) is 0 Å². The van der Waals surface area contributed by atoms with Crippen LogP contribution in [0.1, 0.15) is 25.1 Å². The molecule has 0 amide bonds. The topological polar surface area (TPSA) is 37.8 Å². The molecule has 0 bridgehead atoms. The van der Waals surface area contributed by atoms with Gasteiger partial charge in [-0.2, -0.15) is 13.2 Å². The highest BCUT2D eigenvalue weighted by atomic mass is 79.9. The predicted octanol–water partition coefficient (Wildman–Crippen LogP) is 3.69. The normalized spacial score (nSPS) is 11.6. The number of rotatable bonds is 5. The second-order valence-corrected chi connectivity index (χ2v) is 4.43. The molecule has 0 saturated heterocycles. The van der Waals surface area contributed by atoms with E-state index >= 15 is 0 Å². The molecule has 0 fully saturated rings. The second kappa shape index (κ2) is 6.18. The Morgan fingerprint density at radius 3 is 2.59 bits per heavy atom. The number of nitrogens with zero attached hydrogens (tertiary/aromatic N) is 2. The van der Waals surface area contributed by atoms with Gasteiger partial charge in [0, 0.05) is 19.0 Å². The van der Waals surface area contributed by atoms with E-state index in [0.717, 1.165) is 0 Å². The molecular formula is C10H13BrF3N3. The summed E-state index contributed by atoms with van der Waals surface area (Å²) in [5.41, 5.74) is 0. The first-order valence-electron chi connectivity index (χ1n) is 5.18. The first-order valence-corrected chi connectivity index (χ1v) is 5.98. The van der Waals surface area contributed by atoms with E-state index in [1.807, 2.05) is 0 Å². The van der Waals surface area contributed by atoms with Gasteiger partial charge in [-0.1, -0.05) is 0 Å². The highest BCUT2D eigenvalue weighted by molar-refractivity contribution is 9.10. The SMILES string of the molecule is Cc1nc(Br)cc(NCCCCC(F)(F)F)n1. The van der Waals surface area contributed by atoms with E-state index in [4.69, 9.17) is 0 Å². The van der Waals surface area contributed by atoms with E-state index in [0.29, 0.717) is 29.2 Å². The molecule has 0 aliphatic carbocycles. The molecular weight excluding hydrogens is 299 g/mol. The molecule has 0 unspecified atom stereocenters. The first kappa shape index (κ1) is 14.2. The maximum atomic E-state index is 11.9. The molecule has 0 radical (unpaired) electrons. The minimum Gasteiger partial charge on any atom is -0.370 e. The van der Waals surface area contributed by atoms with Crippen LogP contribution in [0.4, 0.5) is 19.0 Å². The van der Waals surface area contributed by atoms with Crippen LogP contribution in [0, 0.1) is 6.92 Å². The molecule has 1 heterocycles. The van der Waals surface area contributed by atoms with Gasteiger partial charge in [0.2, 0.25) is 0 Å². The van der Waals surface area contributed by atoms with Crippen molar-refractivity contribution in [3.63, 3.8) is 0 Å². The number of hydrogen-bond acceptors (Lipinski definition) is 3. The standard InChI is InChI=1S/C10H13BrF3N3/c1-7-16-8(11)6-9(17-7)15-5-3-2-4-10(12,13)14/h6H,2-5H2,1H3,(H,15,16,17). The highest BCUT2D eigenvalue weighted by Crippen LogP contribution is 2.22. The lowest BCUT2D eigenvalue weighted by molar-refractivity contribution is -0.135. The Hall–Kier alpha value is -0.850. The zero-order valence-electron chi connectivity index (χ0n) is 9.31. The van der Waals surface area contributed by atoms with Crippen LogP contribution < -0.4 is 5.32 Å². The predicted molar refractivity (Wildman–Crippen MR) is 62.9 cm³/mol. The first-order chi connectivity index (χ1) is 7.87. The Morgan fingerprint density at radius 2 is 2.00 bits per heavy atom. The Morgan fingerprint density at radius 1 is 1.29 bits per heavy atom. The van der Waals surface area contributed by atoms with E-state index < -0.39 is 12.6 Å². The van der Waals surface area contributed by atoms with Crippen molar-refractivity contribution in [3.05, 3.63) is 16.5 Å². The summed E-state index contributed by atoms with van der Waals surface area (Å²) in [6.07, 6.45) is -4.21. The van der Waals surface area contributed by atoms with Gasteiger partial charge in [0.1, 0.15) is 16.2 Å². The zero-order valence-corrected chi connectivity index (χ0v) is 10.9. The van der Waals surface area contributed by atoms with Gasteiger partial charge in [-0.05, 0) is 35.7 Å². The average Bonchev–Trinajstić information content (AvgIpc) is 2.13. The summed E-state index contributed by atoms with van der Waals surface area (Å²) in [5.74, 6) is 1.23. The van der Waals surface area contributed by atoms with Crippen LogP contribution in [-0.2, 0) is 0 Å². The second-order valence-electron chi connectivity index (χ2n) is 3.62. The van der Waals surface area contributed by atoms with Crippen LogP contribution in [0.25, 0.3) is 0 Å². The monoisotopic (exact) mass is 311 g/mol. The number of alkyl halides is 3. The Labute approximate surface area is 106 Å². The van der Waals surface area contributed by atoms with E-state index in [2.05, 4.69) is 31.2 Å². The van der Waals surface area contributed by atoms with E-state index in [1.54, 1.807) is 13.0 Å². The van der Waals surface area contributed by atoms with Crippen molar-refractivity contribution in [1.29, 1.82) is 0 Å². The third-order valence-corrected chi connectivity index (χ3v) is 2.41. The number of unbranched alkanes of at least 4 members (excludes halogenated alkanes) is 1. The summed E-state index contributed by atoms with van der Waals surface area (Å²) in [4.78, 5) is 8.13. The highest BCUT2D eigenvalue weighted by Gasteiger charge is 2.25. The minimum absolute atomic E-state index is 0.127. The Balaban J connectivity index is 2.27. The molecule has 3 nitrogen and oxygen atoms in total. The van der Waals surface area contributed by atoms with Crippen molar-refractivity contribution in [1.82, 2.24) is 9.97 Å². The quantitative estimate of drug-likeness (QED) is 0.665. The van der Waals surface area contributed by atoms with Crippen molar-refractivity contribution in [2.45, 2.75) is 32.4 Å². The molecule has 1 aromatic rings. The molecule has 0 aromatic carbocycles. The molecule has 0 spiro atoms. The fourth-order valence-corrected chi connectivity index (χ4v) is 1.76. The molecule has 0 aliphatic rings. The van der Waals surface area contributed by atoms with Crippen molar-refractivity contribution >= 4 is 21.7 Å². The lowest BCUT2D eigenvalue weighted by Gasteiger charge is -2.08. The molecule has 0 saturated carbocycles. The third kappa shape index (κ3) is 6.45. The van der Waals surface area contributed by atoms with Crippen LogP contribution in [0.5, 0.6) is 0 Å². The number of nitrogens with one attached hydrogen (secondary N) is 1. The van der Waals surface area contributed by atoms with Crippen molar-refractivity contribution in [3.8, 4) is 0 Å². The van der Waals surface area contributed by atoms with E-state index in [1.165, 1.54) is 0 Å². The fourth-order valence-electron chi connectivity index (χ4n) is 1.29. The van der Waals surface area contributed by atoms with Gasteiger partial charge in [-0.25, -0.2) is 9.97 Å². The molecule has 0 atom stereocenters. The maximum Gasteiger partial charge on any atom is 0.389 e. The van der Waals surface area contributed by atoms with Gasteiger partial charge in [0.25, 0.3) is 0 Å². The Bertz CT molecular complexity index is 348. The van der Waals surface area contributed by atoms with Gasteiger partial charge in [-0.15, -0.1) is 0 Å². The lowest BCUT2D eigenvalue weighted by Crippen LogP contribution is -2.09. The summed E-state index contributed by atoms with van der Waals surface area (Å²) in [6.45, 7) is 2.22. The summed E-state index contributed by atoms with van der Waals surface area (Å²) < 4.78 is 36.2. The van der Waals surface area contributed by atoms with Gasteiger partial charge in [-0.3, -0.25) is 0 Å². The summed E-state index contributed by atoms with van der Waals surface area (Å²) in [7, 11) is 0. The maximum absolute atomic E-state index is 11.9. The smallest absolute Gasteiger partial charge is 0.370 e. The molecule has 96 valence electrons. The van der Waals surface area contributed by atoms with Gasteiger partial charge in [0.05, 0.1) is 0 Å². The fraction of sp³-hybridized carbons (Fsp3) is 0.600. The molecule has 0 aliphatic heterocycles. The molecule has 1 rings (SSSR count). The van der Waals surface area contributed by atoms with E-state index in [-0.39, 0.29) is 6.42 Å². The zero-order chi connectivity index (χ0) is 12.9. The summed E-state index contributed by atoms with van der Waals surface area (Å²) in [5, 5.41) is 2.96. The molecule has 1 N–H and O–H groups in total. The van der Waals surface area contributed by atoms with Crippen LogP contribution >= 0.6 is 15.9 Å². The Kier molecular flexibility index (Phi) is 5.17. The number of aromatic nitrogens is 2. The van der Waals surface area contributed by atoms with Crippen LogP contribution in [0.3, 0.4) is 0 Å². The van der Waals surface area contributed by atoms with Crippen molar-refractivity contribution in [2.75, 3.05) is 11.9 Å². The van der Waals surface area contributed by atoms with Gasteiger partial charge < -0.3 is 5.32 Å². The minimum atomic E-state index is -4.06. The van der Waals surface area contributed by atoms with Gasteiger partial charge >= 0.3 is 6.18 Å². The largest absolute Gasteiger partial charge is 0.389 e.